The summed E-state index contributed by atoms with van der Waals surface area (Å²) in [5.41, 5.74) is 1.12. The predicted octanol–water partition coefficient (Wildman–Crippen LogP) is 1.62. The number of aliphatic carboxylic acids is 1. The minimum atomic E-state index is -0.795. The minimum Gasteiger partial charge on any atom is -0.481 e. The molecule has 0 spiro atoms. The number of nitriles is 1. The number of nitrogens with zero attached hydrogens (tertiary/aromatic N) is 2. The third-order valence-corrected chi connectivity index (χ3v) is 2.82. The van der Waals surface area contributed by atoms with Gasteiger partial charge in [-0.3, -0.25) is 4.79 Å². The molecule has 88 valence electrons. The molecule has 1 aliphatic carbocycles. The zero-order valence-electron chi connectivity index (χ0n) is 9.26. The summed E-state index contributed by atoms with van der Waals surface area (Å²) < 4.78 is 0. The van der Waals surface area contributed by atoms with E-state index in [1.165, 1.54) is 0 Å². The molecule has 5 nitrogen and oxygen atoms in total. The molecule has 0 radical (unpaired) electrons. The molecule has 0 aliphatic heterocycles. The number of hydrogen-bond acceptors (Lipinski definition) is 4. The molecule has 2 N–H and O–H groups in total. The van der Waals surface area contributed by atoms with Crippen molar-refractivity contribution in [2.75, 3.05) is 5.32 Å². The van der Waals surface area contributed by atoms with Gasteiger partial charge >= 0.3 is 5.97 Å². The van der Waals surface area contributed by atoms with Crippen molar-refractivity contribution in [3.05, 3.63) is 24.0 Å². The van der Waals surface area contributed by atoms with E-state index in [1.807, 2.05) is 6.07 Å². The first-order chi connectivity index (χ1) is 8.19. The van der Waals surface area contributed by atoms with Crippen molar-refractivity contribution >= 4 is 11.7 Å². The highest BCUT2D eigenvalue weighted by atomic mass is 16.4. The summed E-state index contributed by atoms with van der Waals surface area (Å²) in [6.07, 6.45) is 3.84. The van der Waals surface area contributed by atoms with Crippen molar-refractivity contribution in [2.45, 2.75) is 25.3 Å². The highest BCUT2D eigenvalue weighted by Crippen LogP contribution is 2.35. The summed E-state index contributed by atoms with van der Waals surface area (Å²) in [5, 5.41) is 20.6. The van der Waals surface area contributed by atoms with Crippen LogP contribution in [0.25, 0.3) is 0 Å². The molecule has 0 amide bonds. The van der Waals surface area contributed by atoms with Crippen LogP contribution in [0.4, 0.5) is 5.69 Å². The molecule has 1 fully saturated rings. The maximum atomic E-state index is 10.7. The van der Waals surface area contributed by atoms with Gasteiger partial charge in [0.25, 0.3) is 0 Å². The van der Waals surface area contributed by atoms with Gasteiger partial charge in [-0.05, 0) is 30.9 Å². The first kappa shape index (κ1) is 11.4. The Morgan fingerprint density at radius 1 is 1.65 bits per heavy atom. The lowest BCUT2D eigenvalue weighted by Gasteiger charge is -2.17. The molecule has 1 heterocycles. The highest BCUT2D eigenvalue weighted by Gasteiger charge is 2.32. The van der Waals surface area contributed by atoms with Crippen molar-refractivity contribution in [2.24, 2.45) is 5.92 Å². The normalized spacial score (nSPS) is 15.9. The van der Waals surface area contributed by atoms with Gasteiger partial charge in [-0.1, -0.05) is 0 Å². The maximum absolute atomic E-state index is 10.7. The molecular formula is C12H13N3O2. The molecule has 1 unspecified atom stereocenters. The number of anilines is 1. The van der Waals surface area contributed by atoms with Crippen molar-refractivity contribution in [3.63, 3.8) is 0 Å². The van der Waals surface area contributed by atoms with Crippen LogP contribution in [0.15, 0.2) is 18.3 Å². The molecule has 1 aliphatic rings. The number of hydrogen-bond donors (Lipinski definition) is 2. The van der Waals surface area contributed by atoms with Crippen LogP contribution in [0.3, 0.4) is 0 Å². The Bertz CT molecular complexity index is 446. The monoisotopic (exact) mass is 231 g/mol. The van der Waals surface area contributed by atoms with E-state index in [4.69, 9.17) is 10.4 Å². The summed E-state index contributed by atoms with van der Waals surface area (Å²) >= 11 is 0. The molecular weight excluding hydrogens is 218 g/mol. The smallest absolute Gasteiger partial charge is 0.305 e. The molecule has 5 heteroatoms. The van der Waals surface area contributed by atoms with Crippen LogP contribution in [0.1, 0.15) is 25.0 Å². The molecule has 2 rings (SSSR count). The van der Waals surface area contributed by atoms with Gasteiger partial charge in [0.1, 0.15) is 11.8 Å². The number of carboxylic acids is 1. The number of nitrogens with one attached hydrogen (secondary N) is 1. The van der Waals surface area contributed by atoms with Crippen LogP contribution in [0.2, 0.25) is 0 Å². The van der Waals surface area contributed by atoms with Gasteiger partial charge in [-0.25, -0.2) is 4.98 Å². The topological polar surface area (TPSA) is 86.0 Å². The van der Waals surface area contributed by atoms with Crippen molar-refractivity contribution in [1.29, 1.82) is 5.26 Å². The Hall–Kier alpha value is -2.09. The average Bonchev–Trinajstić information content (AvgIpc) is 3.12. The van der Waals surface area contributed by atoms with Gasteiger partial charge in [0, 0.05) is 6.04 Å². The zero-order valence-corrected chi connectivity index (χ0v) is 9.26. The number of rotatable bonds is 5. The van der Waals surface area contributed by atoms with Crippen LogP contribution in [0, 0.1) is 17.2 Å². The highest BCUT2D eigenvalue weighted by molar-refractivity contribution is 5.68. The van der Waals surface area contributed by atoms with E-state index < -0.39 is 5.97 Å². The zero-order chi connectivity index (χ0) is 12.3. The fraction of sp³-hybridized carbons (Fsp3) is 0.417. The first-order valence-electron chi connectivity index (χ1n) is 5.53. The first-order valence-corrected chi connectivity index (χ1v) is 5.53. The van der Waals surface area contributed by atoms with Gasteiger partial charge in [0.15, 0.2) is 0 Å². The second kappa shape index (κ2) is 4.83. The van der Waals surface area contributed by atoms with E-state index in [0.29, 0.717) is 11.6 Å². The van der Waals surface area contributed by atoms with E-state index in [0.717, 1.165) is 18.5 Å². The summed E-state index contributed by atoms with van der Waals surface area (Å²) in [5.74, 6) is -0.349. The fourth-order valence-electron chi connectivity index (χ4n) is 1.78. The standard InChI is InChI=1S/C12H13N3O2/c13-6-9-3-4-10(7-14-9)15-11(5-12(16)17)8-1-2-8/h3-4,7-8,11,15H,1-2,5H2,(H,16,17). The van der Waals surface area contributed by atoms with Crippen molar-refractivity contribution < 1.29 is 9.90 Å². The lowest BCUT2D eigenvalue weighted by atomic mass is 10.1. The predicted molar refractivity (Wildman–Crippen MR) is 61.3 cm³/mol. The van der Waals surface area contributed by atoms with Crippen molar-refractivity contribution in [3.8, 4) is 6.07 Å². The number of carbonyl (C=O) groups is 1. The minimum absolute atomic E-state index is 0.0396. The maximum Gasteiger partial charge on any atom is 0.305 e. The van der Waals surface area contributed by atoms with Gasteiger partial charge in [0.05, 0.1) is 18.3 Å². The van der Waals surface area contributed by atoms with Gasteiger partial charge in [-0.15, -0.1) is 0 Å². The Morgan fingerprint density at radius 2 is 2.41 bits per heavy atom. The number of aromatic nitrogens is 1. The van der Waals surface area contributed by atoms with E-state index >= 15 is 0 Å². The van der Waals surface area contributed by atoms with Gasteiger partial charge in [0.2, 0.25) is 0 Å². The summed E-state index contributed by atoms with van der Waals surface area (Å²) in [6, 6.07) is 5.27. The average molecular weight is 231 g/mol. The molecule has 0 aromatic carbocycles. The van der Waals surface area contributed by atoms with Crippen LogP contribution < -0.4 is 5.32 Å². The Labute approximate surface area is 99.1 Å². The van der Waals surface area contributed by atoms with Crippen LogP contribution in [-0.4, -0.2) is 22.1 Å². The fourth-order valence-corrected chi connectivity index (χ4v) is 1.78. The molecule has 17 heavy (non-hydrogen) atoms. The van der Waals surface area contributed by atoms with Crippen molar-refractivity contribution in [1.82, 2.24) is 4.98 Å². The Morgan fingerprint density at radius 3 is 2.88 bits per heavy atom. The summed E-state index contributed by atoms with van der Waals surface area (Å²) in [6.45, 7) is 0. The van der Waals surface area contributed by atoms with E-state index in [-0.39, 0.29) is 12.5 Å². The quantitative estimate of drug-likeness (QED) is 0.804. The third-order valence-electron chi connectivity index (χ3n) is 2.82. The van der Waals surface area contributed by atoms with E-state index in [1.54, 1.807) is 18.3 Å². The SMILES string of the molecule is N#Cc1ccc(NC(CC(=O)O)C2CC2)cn1. The van der Waals surface area contributed by atoms with E-state index in [9.17, 15) is 4.79 Å². The Kier molecular flexibility index (Phi) is 3.24. The second-order valence-corrected chi connectivity index (χ2v) is 4.23. The lowest BCUT2D eigenvalue weighted by molar-refractivity contribution is -0.137. The number of pyridine rings is 1. The molecule has 0 saturated heterocycles. The van der Waals surface area contributed by atoms with Crippen LogP contribution in [0.5, 0.6) is 0 Å². The molecule has 1 aromatic rings. The van der Waals surface area contributed by atoms with E-state index in [2.05, 4.69) is 10.3 Å². The van der Waals surface area contributed by atoms with Crippen LogP contribution >= 0.6 is 0 Å². The molecule has 0 bridgehead atoms. The molecule has 1 aromatic heterocycles. The Balaban J connectivity index is 2.01. The summed E-state index contributed by atoms with van der Waals surface area (Å²) in [4.78, 5) is 14.7. The largest absolute Gasteiger partial charge is 0.481 e. The molecule has 1 saturated carbocycles. The van der Waals surface area contributed by atoms with Gasteiger partial charge < -0.3 is 10.4 Å². The second-order valence-electron chi connectivity index (χ2n) is 4.23. The lowest BCUT2D eigenvalue weighted by Crippen LogP contribution is -2.25. The molecule has 1 atom stereocenters. The van der Waals surface area contributed by atoms with Gasteiger partial charge in [-0.2, -0.15) is 5.26 Å². The third kappa shape index (κ3) is 3.18. The van der Waals surface area contributed by atoms with Crippen LogP contribution in [-0.2, 0) is 4.79 Å². The summed E-state index contributed by atoms with van der Waals surface area (Å²) in [7, 11) is 0. The number of carboxylic acid groups (broad SMARTS) is 1.